The first-order valence-electron chi connectivity index (χ1n) is 3.68. The van der Waals surface area contributed by atoms with Crippen molar-refractivity contribution >= 4 is 43.4 Å². The Balaban J connectivity index is 0.000000269. The second-order valence-electron chi connectivity index (χ2n) is 2.68. The molecule has 0 aromatic carbocycles. The normalized spacial score (nSPS) is 31.0. The van der Waals surface area contributed by atoms with Gasteiger partial charge < -0.3 is 0 Å². The zero-order valence-corrected chi connectivity index (χ0v) is 9.67. The third-order valence-corrected chi connectivity index (χ3v) is 2.20. The van der Waals surface area contributed by atoms with Crippen LogP contribution in [0.5, 0.6) is 0 Å². The van der Waals surface area contributed by atoms with Crippen molar-refractivity contribution in [1.29, 1.82) is 0 Å². The molecule has 0 unspecified atom stereocenters. The van der Waals surface area contributed by atoms with Crippen LogP contribution in [0.25, 0.3) is 0 Å². The van der Waals surface area contributed by atoms with Gasteiger partial charge in [0.25, 0.3) is 0 Å². The average Bonchev–Trinajstić information content (AvgIpc) is 2.27. The summed E-state index contributed by atoms with van der Waals surface area (Å²) in [4.78, 5) is 5.08. The molecule has 0 amide bonds. The zero-order chi connectivity index (χ0) is 9.40. The van der Waals surface area contributed by atoms with Crippen LogP contribution in [0, 0.1) is 0 Å². The Kier molecular flexibility index (Phi) is 9.45. The highest BCUT2D eigenvalue weighted by Crippen LogP contribution is 2.06. The molecule has 3 fully saturated rings. The molecule has 6 heteroatoms. The quantitative estimate of drug-likeness (QED) is 0.654. The van der Waals surface area contributed by atoms with Crippen LogP contribution < -0.4 is 0 Å². The molecule has 0 radical (unpaired) electrons. The first-order valence-corrected chi connectivity index (χ1v) is 5.97. The van der Waals surface area contributed by atoms with E-state index >= 15 is 0 Å². The van der Waals surface area contributed by atoms with Crippen molar-refractivity contribution in [1.82, 2.24) is 9.80 Å². The Morgan fingerprint density at radius 3 is 0.750 bits per heavy atom. The lowest BCUT2D eigenvalue weighted by Crippen LogP contribution is -2.55. The molecule has 0 aliphatic carbocycles. The van der Waals surface area contributed by atoms with E-state index in [9.17, 15) is 0 Å². The lowest BCUT2D eigenvalue weighted by Gasteiger charge is -2.41. The maximum Gasteiger partial charge on any atom is 0.0110 e. The van der Waals surface area contributed by atoms with Crippen LogP contribution in [0.1, 0.15) is 0 Å². The number of hydrogen-bond acceptors (Lipinski definition) is 2. The summed E-state index contributed by atoms with van der Waals surface area (Å²) in [5, 5.41) is 0. The van der Waals surface area contributed by atoms with Gasteiger partial charge in [-0.25, -0.2) is 0 Å². The van der Waals surface area contributed by atoms with Gasteiger partial charge in [0.15, 0.2) is 0 Å². The van der Waals surface area contributed by atoms with E-state index in [0.29, 0.717) is 0 Å². The summed E-state index contributed by atoms with van der Waals surface area (Å²) >= 11 is 0. The largest absolute Gasteiger partial charge is 0.300 e. The fourth-order valence-corrected chi connectivity index (χ4v) is 1.52. The lowest BCUT2D eigenvalue weighted by molar-refractivity contribution is 0.0647. The fraction of sp³-hybridized carbons (Fsp3) is 1.00. The van der Waals surface area contributed by atoms with E-state index in [2.05, 4.69) is 53.2 Å². The molecule has 12 heavy (non-hydrogen) atoms. The van der Waals surface area contributed by atoms with Gasteiger partial charge in [0.1, 0.15) is 0 Å². The maximum atomic E-state index is 4.11. The molecule has 74 valence electrons. The van der Waals surface area contributed by atoms with Gasteiger partial charge in [-0.15, -0.1) is 0 Å². The predicted molar refractivity (Wildman–Crippen MR) is 56.3 cm³/mol. The van der Waals surface area contributed by atoms with Crippen molar-refractivity contribution < 1.29 is 0 Å². The van der Waals surface area contributed by atoms with E-state index in [-0.39, 0.29) is 0 Å². The molecular weight excluding hydrogens is 242 g/mol. The van der Waals surface area contributed by atoms with Crippen LogP contribution in [0.4, 0.5) is 0 Å². The monoisotopic (exact) mass is 252 g/mol. The summed E-state index contributed by atoms with van der Waals surface area (Å²) in [5.74, 6) is 0. The van der Waals surface area contributed by atoms with E-state index in [1.54, 1.807) is 0 Å². The number of fused-ring (bicyclic) bond motifs is 3. The molecule has 3 rings (SSSR count). The highest BCUT2D eigenvalue weighted by atomic mass is 36.5. The van der Waals surface area contributed by atoms with Crippen LogP contribution in [0.15, 0.2) is 0 Å². The van der Waals surface area contributed by atoms with E-state index in [4.69, 9.17) is 0 Å². The third kappa shape index (κ3) is 4.35. The van der Waals surface area contributed by atoms with Crippen molar-refractivity contribution in [3.8, 4) is 0 Å². The van der Waals surface area contributed by atoms with Crippen molar-refractivity contribution in [3.05, 3.63) is 0 Å². The van der Waals surface area contributed by atoms with E-state index < -0.39 is 0 Å². The summed E-state index contributed by atoms with van der Waals surface area (Å²) in [6.07, 6.45) is 0. The third-order valence-electron chi connectivity index (χ3n) is 2.20. The number of nitrogens with zero attached hydrogens (tertiary/aromatic N) is 2. The van der Waals surface area contributed by atoms with Gasteiger partial charge in [-0.05, 0) is 0 Å². The molecule has 0 aromatic heterocycles. The van der Waals surface area contributed by atoms with Crippen molar-refractivity contribution in [2.75, 3.05) is 39.3 Å². The topological polar surface area (TPSA) is 6.48 Å². The summed E-state index contributed by atoms with van der Waals surface area (Å²) < 4.78 is 0. The molecule has 2 nitrogen and oxygen atoms in total. The molecule has 0 saturated carbocycles. The predicted octanol–water partition coefficient (Wildman–Crippen LogP) is 2.38. The van der Waals surface area contributed by atoms with Crippen molar-refractivity contribution in [2.45, 2.75) is 0 Å². The fourth-order valence-electron chi connectivity index (χ4n) is 1.52. The molecule has 3 heterocycles. The molecule has 2 bridgehead atoms. The number of hydrogen-bond donors (Lipinski definition) is 0. The Hall–Kier alpha value is 1.08. The highest BCUT2D eigenvalue weighted by molar-refractivity contribution is 6.86. The maximum absolute atomic E-state index is 4.11. The van der Waals surface area contributed by atoms with Gasteiger partial charge in [-0.1, -0.05) is 0 Å². The van der Waals surface area contributed by atoms with Crippen LogP contribution in [-0.2, 0) is 0 Å². The van der Waals surface area contributed by atoms with Crippen LogP contribution in [0.2, 0.25) is 0 Å². The van der Waals surface area contributed by atoms with Gasteiger partial charge in [0.2, 0.25) is 0 Å². The second-order valence-corrected chi connectivity index (χ2v) is 2.68. The Labute approximate surface area is 92.5 Å². The first kappa shape index (κ1) is 13.1. The van der Waals surface area contributed by atoms with Crippen LogP contribution in [0.3, 0.4) is 0 Å². The number of piperazine rings is 3. The number of rotatable bonds is 0. The Bertz CT molecular complexity index is 72.5. The smallest absolute Gasteiger partial charge is 0.0110 e. The average molecular weight is 254 g/mol. The number of halogens is 4. The van der Waals surface area contributed by atoms with Crippen LogP contribution in [-0.4, -0.2) is 49.1 Å². The van der Waals surface area contributed by atoms with Gasteiger partial charge in [0, 0.05) is 82.7 Å². The van der Waals surface area contributed by atoms with Gasteiger partial charge in [-0.3, -0.25) is 9.80 Å². The first-order chi connectivity index (χ1) is 5.95. The molecular formula is C6H12Cl4N2. The van der Waals surface area contributed by atoms with Crippen molar-refractivity contribution in [3.63, 3.8) is 0 Å². The summed E-state index contributed by atoms with van der Waals surface area (Å²) in [6, 6.07) is 0. The zero-order valence-electron chi connectivity index (χ0n) is 6.65. The molecule has 3 aliphatic heterocycles. The molecule has 3 saturated heterocycles. The van der Waals surface area contributed by atoms with Gasteiger partial charge >= 0.3 is 0 Å². The van der Waals surface area contributed by atoms with E-state index in [0.717, 1.165) is 0 Å². The molecule has 0 atom stereocenters. The van der Waals surface area contributed by atoms with E-state index in [1.807, 2.05) is 0 Å². The minimum atomic E-state index is 1.32. The summed E-state index contributed by atoms with van der Waals surface area (Å²) in [5.41, 5.74) is 0. The molecule has 0 spiro atoms. The molecule has 0 N–H and O–H groups in total. The van der Waals surface area contributed by atoms with E-state index in [1.165, 1.54) is 39.3 Å². The van der Waals surface area contributed by atoms with Gasteiger partial charge in [-0.2, -0.15) is 0 Å². The summed E-state index contributed by atoms with van der Waals surface area (Å²) in [7, 11) is 16.4. The molecule has 3 aliphatic rings. The minimum absolute atomic E-state index is 1.32. The van der Waals surface area contributed by atoms with Crippen LogP contribution >= 0.6 is 43.4 Å². The van der Waals surface area contributed by atoms with Gasteiger partial charge in [0.05, 0.1) is 0 Å². The second kappa shape index (κ2) is 8.67. The SMILES string of the molecule is C1CN2CCN1CC2.ClCl.ClCl. The summed E-state index contributed by atoms with van der Waals surface area (Å²) in [6.45, 7) is 7.92. The standard InChI is InChI=1S/C6H12N2.2Cl2/c1-2-8-5-3-7(1)4-6-8;2*1-2/h1-6H2;;. The van der Waals surface area contributed by atoms with Crippen molar-refractivity contribution in [2.24, 2.45) is 0 Å². The molecule has 0 aromatic rings. The lowest BCUT2D eigenvalue weighted by atomic mass is 10.2. The Morgan fingerprint density at radius 2 is 0.667 bits per heavy atom. The Morgan fingerprint density at radius 1 is 0.500 bits per heavy atom. The minimum Gasteiger partial charge on any atom is -0.300 e. The highest BCUT2D eigenvalue weighted by Gasteiger charge is 2.21.